The van der Waals surface area contributed by atoms with E-state index in [0.717, 1.165) is 19.3 Å². The number of anilines is 2. The zero-order chi connectivity index (χ0) is 18.9. The van der Waals surface area contributed by atoms with Crippen LogP contribution in [0.1, 0.15) is 43.5 Å². The summed E-state index contributed by atoms with van der Waals surface area (Å²) in [6.07, 6.45) is 3.26. The first-order chi connectivity index (χ1) is 12.5. The topological polar surface area (TPSA) is 67.4 Å². The van der Waals surface area contributed by atoms with Crippen molar-refractivity contribution in [3.63, 3.8) is 0 Å². The molecule has 6 heteroatoms. The lowest BCUT2D eigenvalue weighted by Crippen LogP contribution is -2.13. The molecule has 0 spiro atoms. The van der Waals surface area contributed by atoms with Crippen molar-refractivity contribution in [2.75, 3.05) is 17.2 Å². The van der Waals surface area contributed by atoms with Crippen LogP contribution in [0.5, 0.6) is 5.75 Å². The molecule has 0 bridgehead atoms. The van der Waals surface area contributed by atoms with Gasteiger partial charge in [0.15, 0.2) is 0 Å². The molecule has 0 aromatic heterocycles. The summed E-state index contributed by atoms with van der Waals surface area (Å²) in [6.45, 7) is 4.07. The van der Waals surface area contributed by atoms with E-state index in [1.165, 1.54) is 25.1 Å². The molecule has 26 heavy (non-hydrogen) atoms. The predicted octanol–water partition coefficient (Wildman–Crippen LogP) is 4.61. The van der Waals surface area contributed by atoms with Crippen LogP contribution in [0.15, 0.2) is 42.5 Å². The van der Waals surface area contributed by atoms with Crippen molar-refractivity contribution in [3.8, 4) is 5.75 Å². The molecule has 2 rings (SSSR count). The summed E-state index contributed by atoms with van der Waals surface area (Å²) in [5.41, 5.74) is 0.863. The molecular formula is C20H23FN2O3. The monoisotopic (exact) mass is 358 g/mol. The van der Waals surface area contributed by atoms with Gasteiger partial charge in [0.25, 0.3) is 5.91 Å². The van der Waals surface area contributed by atoms with Gasteiger partial charge in [-0.2, -0.15) is 0 Å². The molecule has 0 saturated carbocycles. The summed E-state index contributed by atoms with van der Waals surface area (Å²) in [5, 5.41) is 5.06. The molecule has 0 saturated heterocycles. The normalized spacial score (nSPS) is 10.3. The second-order valence-corrected chi connectivity index (χ2v) is 5.91. The average Bonchev–Trinajstić information content (AvgIpc) is 2.61. The fourth-order valence-electron chi connectivity index (χ4n) is 2.34. The van der Waals surface area contributed by atoms with Crippen LogP contribution in [0.4, 0.5) is 15.8 Å². The molecule has 0 fully saturated rings. The Morgan fingerprint density at radius 2 is 1.77 bits per heavy atom. The molecule has 0 aliphatic heterocycles. The number of carbonyl (C=O) groups excluding carboxylic acids is 2. The molecule has 0 unspecified atom stereocenters. The Bertz CT molecular complexity index is 760. The van der Waals surface area contributed by atoms with Crippen molar-refractivity contribution < 1.29 is 18.7 Å². The van der Waals surface area contributed by atoms with Crippen molar-refractivity contribution in [1.29, 1.82) is 0 Å². The van der Waals surface area contributed by atoms with Crippen molar-refractivity contribution in [2.24, 2.45) is 0 Å². The SMILES string of the molecule is CCCCCOc1ccc(C(=O)Nc2ccc(F)c(NC(C)=O)c2)cc1. The molecule has 2 N–H and O–H groups in total. The van der Waals surface area contributed by atoms with Crippen LogP contribution in [0.25, 0.3) is 0 Å². The number of hydrogen-bond acceptors (Lipinski definition) is 3. The van der Waals surface area contributed by atoms with Gasteiger partial charge in [0.2, 0.25) is 5.91 Å². The van der Waals surface area contributed by atoms with Crippen molar-refractivity contribution >= 4 is 23.2 Å². The number of hydrogen-bond donors (Lipinski definition) is 2. The Labute approximate surface area is 152 Å². The highest BCUT2D eigenvalue weighted by Gasteiger charge is 2.09. The molecular weight excluding hydrogens is 335 g/mol. The van der Waals surface area contributed by atoms with Gasteiger partial charge in [-0.05, 0) is 48.9 Å². The zero-order valence-corrected chi connectivity index (χ0v) is 15.0. The molecule has 2 amide bonds. The van der Waals surface area contributed by atoms with E-state index in [-0.39, 0.29) is 17.5 Å². The van der Waals surface area contributed by atoms with Gasteiger partial charge in [0, 0.05) is 18.2 Å². The third kappa shape index (κ3) is 5.88. The van der Waals surface area contributed by atoms with Gasteiger partial charge in [0.05, 0.1) is 12.3 Å². The van der Waals surface area contributed by atoms with Gasteiger partial charge in [-0.3, -0.25) is 9.59 Å². The van der Waals surface area contributed by atoms with Crippen LogP contribution in [0.2, 0.25) is 0 Å². The first kappa shape index (κ1) is 19.4. The van der Waals surface area contributed by atoms with Crippen LogP contribution in [-0.4, -0.2) is 18.4 Å². The van der Waals surface area contributed by atoms with E-state index in [1.807, 2.05) is 0 Å². The fourth-order valence-corrected chi connectivity index (χ4v) is 2.34. The number of ether oxygens (including phenoxy) is 1. The van der Waals surface area contributed by atoms with Gasteiger partial charge >= 0.3 is 0 Å². The van der Waals surface area contributed by atoms with Gasteiger partial charge < -0.3 is 15.4 Å². The first-order valence-corrected chi connectivity index (χ1v) is 8.61. The molecule has 5 nitrogen and oxygen atoms in total. The number of nitrogens with one attached hydrogen (secondary N) is 2. The van der Waals surface area contributed by atoms with E-state index < -0.39 is 5.82 Å². The summed E-state index contributed by atoms with van der Waals surface area (Å²) in [7, 11) is 0. The maximum atomic E-state index is 13.6. The predicted molar refractivity (Wildman–Crippen MR) is 100 cm³/mol. The van der Waals surface area contributed by atoms with Crippen molar-refractivity contribution in [3.05, 3.63) is 53.8 Å². The third-order valence-corrected chi connectivity index (χ3v) is 3.67. The molecule has 138 valence electrons. The van der Waals surface area contributed by atoms with Crippen molar-refractivity contribution in [2.45, 2.75) is 33.1 Å². The molecule has 0 atom stereocenters. The number of rotatable bonds is 8. The largest absolute Gasteiger partial charge is 0.494 e. The maximum absolute atomic E-state index is 13.6. The molecule has 0 aliphatic carbocycles. The lowest BCUT2D eigenvalue weighted by atomic mass is 10.2. The van der Waals surface area contributed by atoms with Gasteiger partial charge in [0.1, 0.15) is 11.6 Å². The molecule has 0 radical (unpaired) electrons. The maximum Gasteiger partial charge on any atom is 0.255 e. The quantitative estimate of drug-likeness (QED) is 0.678. The summed E-state index contributed by atoms with van der Waals surface area (Å²) in [6, 6.07) is 10.8. The van der Waals surface area contributed by atoms with E-state index in [0.29, 0.717) is 23.6 Å². The number of halogens is 1. The second kappa shape index (κ2) is 9.56. The summed E-state index contributed by atoms with van der Waals surface area (Å²) in [5.74, 6) is -0.569. The van der Waals surface area contributed by atoms with Crippen LogP contribution in [0, 0.1) is 5.82 Å². The highest BCUT2D eigenvalue weighted by molar-refractivity contribution is 6.04. The average molecular weight is 358 g/mol. The standard InChI is InChI=1S/C20H23FN2O3/c1-3-4-5-12-26-17-9-6-15(7-10-17)20(25)23-16-8-11-18(21)19(13-16)22-14(2)24/h6-11,13H,3-5,12H2,1-2H3,(H,22,24)(H,23,25). The van der Waals surface area contributed by atoms with E-state index in [2.05, 4.69) is 17.6 Å². The fraction of sp³-hybridized carbons (Fsp3) is 0.300. The minimum Gasteiger partial charge on any atom is -0.494 e. The van der Waals surface area contributed by atoms with Crippen LogP contribution >= 0.6 is 0 Å². The van der Waals surface area contributed by atoms with Gasteiger partial charge in [-0.1, -0.05) is 19.8 Å². The Balaban J connectivity index is 1.98. The second-order valence-electron chi connectivity index (χ2n) is 5.91. The Kier molecular flexibility index (Phi) is 7.14. The number of amides is 2. The third-order valence-electron chi connectivity index (χ3n) is 3.67. The van der Waals surface area contributed by atoms with Crippen LogP contribution in [0.3, 0.4) is 0 Å². The minimum atomic E-state index is -0.567. The summed E-state index contributed by atoms with van der Waals surface area (Å²) < 4.78 is 19.3. The highest BCUT2D eigenvalue weighted by Crippen LogP contribution is 2.21. The van der Waals surface area contributed by atoms with E-state index in [1.54, 1.807) is 24.3 Å². The van der Waals surface area contributed by atoms with Gasteiger partial charge in [-0.25, -0.2) is 4.39 Å². The highest BCUT2D eigenvalue weighted by atomic mass is 19.1. The summed E-state index contributed by atoms with van der Waals surface area (Å²) in [4.78, 5) is 23.4. The first-order valence-electron chi connectivity index (χ1n) is 8.61. The summed E-state index contributed by atoms with van der Waals surface area (Å²) >= 11 is 0. The minimum absolute atomic E-state index is 0.0196. The smallest absolute Gasteiger partial charge is 0.255 e. The Hall–Kier alpha value is -2.89. The lowest BCUT2D eigenvalue weighted by Gasteiger charge is -2.10. The molecule has 0 aliphatic rings. The molecule has 2 aromatic rings. The number of unbranched alkanes of at least 4 members (excludes halogenated alkanes) is 2. The van der Waals surface area contributed by atoms with Crippen LogP contribution in [-0.2, 0) is 4.79 Å². The lowest BCUT2D eigenvalue weighted by molar-refractivity contribution is -0.114. The van der Waals surface area contributed by atoms with Crippen LogP contribution < -0.4 is 15.4 Å². The molecule has 2 aromatic carbocycles. The Morgan fingerprint density at radius 1 is 1.04 bits per heavy atom. The van der Waals surface area contributed by atoms with E-state index >= 15 is 0 Å². The molecule has 0 heterocycles. The van der Waals surface area contributed by atoms with E-state index in [9.17, 15) is 14.0 Å². The van der Waals surface area contributed by atoms with Gasteiger partial charge in [-0.15, -0.1) is 0 Å². The number of carbonyl (C=O) groups is 2. The zero-order valence-electron chi connectivity index (χ0n) is 15.0. The number of benzene rings is 2. The van der Waals surface area contributed by atoms with Crippen molar-refractivity contribution in [1.82, 2.24) is 0 Å². The van der Waals surface area contributed by atoms with E-state index in [4.69, 9.17) is 4.74 Å². The Morgan fingerprint density at radius 3 is 2.42 bits per heavy atom.